The second-order valence-electron chi connectivity index (χ2n) is 13.7. The lowest BCUT2D eigenvalue weighted by molar-refractivity contribution is -0.151. The van der Waals surface area contributed by atoms with Gasteiger partial charge in [0.25, 0.3) is 5.91 Å². The molecule has 3 N–H and O–H groups in total. The van der Waals surface area contributed by atoms with Gasteiger partial charge >= 0.3 is 5.97 Å². The molecule has 1 aromatic heterocycles. The molecule has 13 heteroatoms. The fourth-order valence-corrected chi connectivity index (χ4v) is 7.78. The second-order valence-corrected chi connectivity index (χ2v) is 13.7. The molecule has 240 valence electrons. The first-order valence-corrected chi connectivity index (χ1v) is 15.9. The monoisotopic (exact) mass is 611 g/mol. The second kappa shape index (κ2) is 12.4. The van der Waals surface area contributed by atoms with Crippen LogP contribution in [0.3, 0.4) is 0 Å². The average molecular weight is 612 g/mol. The third kappa shape index (κ3) is 5.78. The van der Waals surface area contributed by atoms with Gasteiger partial charge < -0.3 is 25.5 Å². The Hall–Kier alpha value is -3.61. The molecule has 4 fully saturated rings. The highest BCUT2D eigenvalue weighted by Gasteiger charge is 2.64. The first kappa shape index (κ1) is 31.8. The Morgan fingerprint density at radius 2 is 1.80 bits per heavy atom. The Morgan fingerprint density at radius 3 is 2.41 bits per heavy atom. The Morgan fingerprint density at radius 1 is 1.07 bits per heavy atom. The van der Waals surface area contributed by atoms with Crippen molar-refractivity contribution < 1.29 is 29.1 Å². The summed E-state index contributed by atoms with van der Waals surface area (Å²) in [4.78, 5) is 80.7. The van der Waals surface area contributed by atoms with Crippen molar-refractivity contribution in [2.45, 2.75) is 109 Å². The van der Waals surface area contributed by atoms with E-state index in [1.807, 2.05) is 27.7 Å². The van der Waals surface area contributed by atoms with Crippen LogP contribution in [0.1, 0.15) is 89.5 Å². The van der Waals surface area contributed by atoms with Crippen LogP contribution < -0.4 is 10.6 Å². The fraction of sp³-hybridized carbons (Fsp3) is 0.710. The van der Waals surface area contributed by atoms with E-state index in [0.29, 0.717) is 19.5 Å². The van der Waals surface area contributed by atoms with Crippen LogP contribution in [0.25, 0.3) is 0 Å². The van der Waals surface area contributed by atoms with E-state index >= 15 is 0 Å². The van der Waals surface area contributed by atoms with Gasteiger partial charge in [0.1, 0.15) is 29.5 Å². The lowest BCUT2D eigenvalue weighted by atomic mass is 9.82. The van der Waals surface area contributed by atoms with Crippen molar-refractivity contribution in [1.82, 2.24) is 35.3 Å². The molecule has 13 nitrogen and oxygen atoms in total. The van der Waals surface area contributed by atoms with Gasteiger partial charge in [-0.05, 0) is 43.9 Å². The number of carboxylic acids is 1. The number of aromatic nitrogens is 2. The zero-order chi connectivity index (χ0) is 31.8. The molecule has 4 heterocycles. The van der Waals surface area contributed by atoms with E-state index in [4.69, 9.17) is 0 Å². The van der Waals surface area contributed by atoms with E-state index in [0.717, 1.165) is 38.5 Å². The minimum Gasteiger partial charge on any atom is -0.480 e. The summed E-state index contributed by atoms with van der Waals surface area (Å²) in [7, 11) is 0. The molecule has 0 bridgehead atoms. The highest BCUT2D eigenvalue weighted by atomic mass is 16.4. The van der Waals surface area contributed by atoms with Crippen LogP contribution in [0.4, 0.5) is 0 Å². The summed E-state index contributed by atoms with van der Waals surface area (Å²) in [6, 6.07) is -3.44. The van der Waals surface area contributed by atoms with Crippen molar-refractivity contribution in [3.8, 4) is 0 Å². The van der Waals surface area contributed by atoms with Gasteiger partial charge in [0, 0.05) is 31.9 Å². The highest BCUT2D eigenvalue weighted by Crippen LogP contribution is 2.46. The average Bonchev–Trinajstić information content (AvgIpc) is 3.70. The van der Waals surface area contributed by atoms with E-state index in [-0.39, 0.29) is 36.5 Å². The number of nitrogens with one attached hydrogen (secondary N) is 2. The summed E-state index contributed by atoms with van der Waals surface area (Å²) in [5.74, 6) is -2.81. The lowest BCUT2D eigenvalue weighted by Gasteiger charge is -2.40. The summed E-state index contributed by atoms with van der Waals surface area (Å²) in [6.07, 6.45) is 10.3. The van der Waals surface area contributed by atoms with E-state index in [2.05, 4.69) is 25.5 Å². The van der Waals surface area contributed by atoms with Crippen molar-refractivity contribution in [3.63, 3.8) is 0 Å². The summed E-state index contributed by atoms with van der Waals surface area (Å²) in [5.41, 5.74) is -1.60. The number of carbonyl (C=O) groups is 5. The number of carbonyl (C=O) groups excluding carboxylic acids is 4. The van der Waals surface area contributed by atoms with Gasteiger partial charge in [0.05, 0.1) is 18.8 Å². The molecule has 3 aliphatic heterocycles. The molecule has 1 saturated carbocycles. The van der Waals surface area contributed by atoms with Crippen molar-refractivity contribution in [3.05, 3.63) is 24.3 Å². The van der Waals surface area contributed by atoms with E-state index < -0.39 is 52.9 Å². The van der Waals surface area contributed by atoms with Crippen molar-refractivity contribution in [2.75, 3.05) is 19.6 Å². The first-order valence-electron chi connectivity index (χ1n) is 15.9. The Kier molecular flexibility index (Phi) is 8.97. The largest absolute Gasteiger partial charge is 0.480 e. The number of likely N-dealkylation sites (N-methyl/N-ethyl adjacent to an activating group) is 1. The number of aliphatic carboxylic acids is 1. The Labute approximate surface area is 258 Å². The van der Waals surface area contributed by atoms with Crippen LogP contribution in [0.5, 0.6) is 0 Å². The zero-order valence-corrected chi connectivity index (χ0v) is 26.1. The molecule has 4 unspecified atom stereocenters. The molecule has 4 amide bonds. The molecule has 5 atom stereocenters. The Balaban J connectivity index is 1.42. The zero-order valence-electron chi connectivity index (χ0n) is 26.1. The third-order valence-electron chi connectivity index (χ3n) is 9.93. The van der Waals surface area contributed by atoms with E-state index in [1.165, 1.54) is 23.5 Å². The van der Waals surface area contributed by atoms with E-state index in [1.54, 1.807) is 4.90 Å². The number of carboxylic acid groups (broad SMARTS) is 1. The van der Waals surface area contributed by atoms with Crippen LogP contribution in [-0.2, 0) is 19.2 Å². The lowest BCUT2D eigenvalue weighted by Crippen LogP contribution is -2.62. The summed E-state index contributed by atoms with van der Waals surface area (Å²) in [6.45, 7) is 8.46. The molecule has 3 saturated heterocycles. The molecule has 1 spiro atoms. The van der Waals surface area contributed by atoms with Crippen LogP contribution in [0.2, 0.25) is 0 Å². The third-order valence-corrected chi connectivity index (χ3v) is 9.93. The highest BCUT2D eigenvalue weighted by molar-refractivity contribution is 5.98. The predicted octanol–water partition coefficient (Wildman–Crippen LogP) is 1.39. The van der Waals surface area contributed by atoms with Crippen LogP contribution in [0.15, 0.2) is 18.6 Å². The van der Waals surface area contributed by atoms with Crippen LogP contribution in [0, 0.1) is 11.3 Å². The molecular weight excluding hydrogens is 566 g/mol. The smallest absolute Gasteiger partial charge is 0.326 e. The number of hydrogen-bond donors (Lipinski definition) is 3. The molecule has 44 heavy (non-hydrogen) atoms. The molecule has 4 aliphatic rings. The molecular formula is C31H45N7O6. The topological polar surface area (TPSA) is 165 Å². The summed E-state index contributed by atoms with van der Waals surface area (Å²) in [5, 5.41) is 16.1. The normalized spacial score (nSPS) is 27.3. The van der Waals surface area contributed by atoms with Gasteiger partial charge in [0.15, 0.2) is 0 Å². The molecule has 0 aromatic carbocycles. The maximum Gasteiger partial charge on any atom is 0.326 e. The molecule has 1 aliphatic carbocycles. The molecule has 0 radical (unpaired) electrons. The van der Waals surface area contributed by atoms with Crippen molar-refractivity contribution in [2.24, 2.45) is 11.3 Å². The Bertz CT molecular complexity index is 1280. The predicted molar refractivity (Wildman–Crippen MR) is 159 cm³/mol. The number of rotatable bonds is 8. The van der Waals surface area contributed by atoms with Gasteiger partial charge in [-0.2, -0.15) is 0 Å². The van der Waals surface area contributed by atoms with Gasteiger partial charge in [-0.3, -0.25) is 29.1 Å². The SMILES string of the molecule is CCN1C(=O)C2CCCN2C12CC(C(=O)O)N(C(=O)C(NC(=O)[C@@H](NC(=O)c1cnccn1)C1CCCCC1)C(C)(C)C)C2. The number of amides is 4. The van der Waals surface area contributed by atoms with Gasteiger partial charge in [-0.25, -0.2) is 9.78 Å². The van der Waals surface area contributed by atoms with E-state index in [9.17, 15) is 29.1 Å². The first-order chi connectivity index (χ1) is 20.9. The molecule has 5 rings (SSSR count). The van der Waals surface area contributed by atoms with Gasteiger partial charge in [0.2, 0.25) is 17.7 Å². The van der Waals surface area contributed by atoms with Crippen LogP contribution in [-0.4, -0.2) is 109 Å². The number of fused-ring (bicyclic) bond motifs is 2. The summed E-state index contributed by atoms with van der Waals surface area (Å²) >= 11 is 0. The van der Waals surface area contributed by atoms with Crippen LogP contribution >= 0.6 is 0 Å². The summed E-state index contributed by atoms with van der Waals surface area (Å²) < 4.78 is 0. The number of likely N-dealkylation sites (tertiary alicyclic amines) is 1. The fourth-order valence-electron chi connectivity index (χ4n) is 7.78. The van der Waals surface area contributed by atoms with Gasteiger partial charge in [-0.1, -0.05) is 40.0 Å². The quantitative estimate of drug-likeness (QED) is 0.394. The minimum atomic E-state index is -1.16. The minimum absolute atomic E-state index is 0.0155. The number of hydrogen-bond acceptors (Lipinski definition) is 8. The molecule has 1 aromatic rings. The standard InChI is InChI=1S/C31H45N7O6/c1-5-37-27(41)21-12-9-15-38(21)31(37)16-22(29(43)44)36(18-31)28(42)24(30(2,3)4)35-26(40)23(19-10-7-6-8-11-19)34-25(39)20-17-32-13-14-33-20/h13-14,17,19,21-24H,5-12,15-16,18H2,1-4H3,(H,34,39)(H,35,40)(H,43,44)/t21?,22?,23-,24?,31?/m0/s1. The maximum absolute atomic E-state index is 14.4. The van der Waals surface area contributed by atoms with Gasteiger partial charge in [-0.15, -0.1) is 0 Å². The number of nitrogens with zero attached hydrogens (tertiary/aromatic N) is 5. The van der Waals surface area contributed by atoms with Crippen molar-refractivity contribution in [1.29, 1.82) is 0 Å². The maximum atomic E-state index is 14.4. The van der Waals surface area contributed by atoms with Crippen molar-refractivity contribution >= 4 is 29.6 Å².